The van der Waals surface area contributed by atoms with Crippen LogP contribution in [0.2, 0.25) is 0 Å². The summed E-state index contributed by atoms with van der Waals surface area (Å²) in [5, 5.41) is 0. The van der Waals surface area contributed by atoms with E-state index in [1.165, 1.54) is 39.2 Å². The van der Waals surface area contributed by atoms with Gasteiger partial charge >= 0.3 is 7.12 Å². The van der Waals surface area contributed by atoms with Gasteiger partial charge in [-0.2, -0.15) is 0 Å². The molecule has 1 atom stereocenters. The molecule has 326 valence electrons. The Morgan fingerprint density at radius 1 is 0.485 bits per heavy atom. The van der Waals surface area contributed by atoms with Gasteiger partial charge in [-0.15, -0.1) is 0 Å². The molecule has 11 rings (SSSR count). The van der Waals surface area contributed by atoms with Crippen LogP contribution in [0.3, 0.4) is 0 Å². The number of para-hydroxylation sites is 2. The van der Waals surface area contributed by atoms with Gasteiger partial charge < -0.3 is 14.2 Å². The zero-order valence-electron chi connectivity index (χ0n) is 38.5. The highest BCUT2D eigenvalue weighted by molar-refractivity contribution is 9.10. The van der Waals surface area contributed by atoms with Crippen molar-refractivity contribution in [2.75, 3.05) is 9.80 Å². The van der Waals surface area contributed by atoms with Crippen molar-refractivity contribution in [3.63, 3.8) is 0 Å². The van der Waals surface area contributed by atoms with Gasteiger partial charge in [-0.25, -0.2) is 9.97 Å². The van der Waals surface area contributed by atoms with Gasteiger partial charge in [-0.1, -0.05) is 165 Å². The number of nitrogens with zero attached hydrogens (tertiary/aromatic N) is 4. The van der Waals surface area contributed by atoms with E-state index in [9.17, 15) is 0 Å². The molecule has 66 heavy (non-hydrogen) atoms. The monoisotopic (exact) mass is 926 g/mol. The van der Waals surface area contributed by atoms with Gasteiger partial charge in [0.25, 0.3) is 0 Å². The zero-order chi connectivity index (χ0) is 45.6. The molecule has 0 bridgehead atoms. The molecule has 0 spiro atoms. The van der Waals surface area contributed by atoms with Crippen molar-refractivity contribution in [2.45, 2.75) is 76.9 Å². The van der Waals surface area contributed by atoms with E-state index in [-0.39, 0.29) is 10.8 Å². The van der Waals surface area contributed by atoms with E-state index in [1.54, 1.807) is 0 Å². The van der Waals surface area contributed by atoms with E-state index in [1.807, 2.05) is 12.1 Å². The lowest BCUT2D eigenvalue weighted by molar-refractivity contribution is -0.00878. The number of rotatable bonds is 7. The molecule has 0 amide bonds. The third-order valence-electron chi connectivity index (χ3n) is 14.5. The average Bonchev–Trinajstić information content (AvgIpc) is 3.57. The maximum atomic E-state index is 7.19. The molecule has 0 radical (unpaired) electrons. The SMILES string of the molecule is CC1(C)c2ccccc2N(c2ccccc2)c2ccc(B3OC(C)(C)C(C)(Cc4ccc5c(c4)C(C)(C)c4cc(Br)ccc4N5c4nc(-c5ccccc5)cc(-c5ccccc5)n4)O3)cc21. The van der Waals surface area contributed by atoms with Gasteiger partial charge in [0.1, 0.15) is 0 Å². The Kier molecular flexibility index (Phi) is 10.0. The van der Waals surface area contributed by atoms with Gasteiger partial charge in [0, 0.05) is 38.5 Å². The highest BCUT2D eigenvalue weighted by Gasteiger charge is 2.55. The molecular weight excluding hydrogens is 875 g/mol. The fourth-order valence-corrected chi connectivity index (χ4v) is 10.8. The van der Waals surface area contributed by atoms with E-state index in [4.69, 9.17) is 19.3 Å². The predicted octanol–water partition coefficient (Wildman–Crippen LogP) is 14.3. The fourth-order valence-electron chi connectivity index (χ4n) is 10.4. The van der Waals surface area contributed by atoms with Crippen LogP contribution in [-0.2, 0) is 26.6 Å². The summed E-state index contributed by atoms with van der Waals surface area (Å²) in [7, 11) is -0.546. The van der Waals surface area contributed by atoms with E-state index < -0.39 is 18.3 Å². The van der Waals surface area contributed by atoms with Crippen LogP contribution in [-0.4, -0.2) is 28.3 Å². The van der Waals surface area contributed by atoms with Crippen LogP contribution in [0.5, 0.6) is 0 Å². The lowest BCUT2D eigenvalue weighted by Crippen LogP contribution is -2.46. The number of hydrogen-bond donors (Lipinski definition) is 0. The molecule has 6 nitrogen and oxygen atoms in total. The number of anilines is 6. The largest absolute Gasteiger partial charge is 0.494 e. The van der Waals surface area contributed by atoms with Crippen LogP contribution in [0.25, 0.3) is 22.5 Å². The quantitative estimate of drug-likeness (QED) is 0.148. The van der Waals surface area contributed by atoms with E-state index in [0.717, 1.165) is 49.5 Å². The highest BCUT2D eigenvalue weighted by Crippen LogP contribution is 2.54. The summed E-state index contributed by atoms with van der Waals surface area (Å²) < 4.78 is 15.2. The predicted molar refractivity (Wildman–Crippen MR) is 274 cm³/mol. The second-order valence-electron chi connectivity index (χ2n) is 19.7. The van der Waals surface area contributed by atoms with Crippen LogP contribution < -0.4 is 15.3 Å². The highest BCUT2D eigenvalue weighted by atomic mass is 79.9. The molecule has 4 heterocycles. The van der Waals surface area contributed by atoms with E-state index in [0.29, 0.717) is 12.4 Å². The van der Waals surface area contributed by atoms with Crippen molar-refractivity contribution in [1.82, 2.24) is 9.97 Å². The molecule has 1 saturated heterocycles. The van der Waals surface area contributed by atoms with Crippen molar-refractivity contribution < 1.29 is 9.31 Å². The Labute approximate surface area is 397 Å². The zero-order valence-corrected chi connectivity index (χ0v) is 40.1. The lowest BCUT2D eigenvalue weighted by atomic mass is 9.69. The van der Waals surface area contributed by atoms with Crippen molar-refractivity contribution in [3.8, 4) is 22.5 Å². The topological polar surface area (TPSA) is 50.7 Å². The van der Waals surface area contributed by atoms with E-state index in [2.05, 4.69) is 238 Å². The molecule has 8 aromatic rings. The number of benzene rings is 7. The van der Waals surface area contributed by atoms with Gasteiger partial charge in [-0.3, -0.25) is 4.90 Å². The van der Waals surface area contributed by atoms with Crippen LogP contribution in [0, 0.1) is 0 Å². The molecule has 1 fully saturated rings. The van der Waals surface area contributed by atoms with Crippen molar-refractivity contribution >= 4 is 62.9 Å². The molecule has 0 N–H and O–H groups in total. The Hall–Kier alpha value is -6.32. The van der Waals surface area contributed by atoms with Gasteiger partial charge in [0.2, 0.25) is 5.95 Å². The standard InChI is InChI=1S/C58H52BBrN4O2/c1-55(2)44-25-17-18-26-50(44)63(43-23-15-10-16-24-43)51-31-28-41(34-46(51)55)59-65-57(5,6)58(7,66-59)37-38-27-30-52-45(33-38)56(3,4)47-35-42(60)29-32-53(47)64(52)54-61-48(39-19-11-8-12-20-39)36-49(62-54)40-21-13-9-14-22-40/h8-36H,37H2,1-7H3. The normalized spacial score (nSPS) is 18.6. The summed E-state index contributed by atoms with van der Waals surface area (Å²) >= 11 is 3.82. The second-order valence-corrected chi connectivity index (χ2v) is 20.6. The molecule has 0 saturated carbocycles. The van der Waals surface area contributed by atoms with Gasteiger partial charge in [0.05, 0.1) is 45.3 Å². The summed E-state index contributed by atoms with van der Waals surface area (Å²) in [6.07, 6.45) is 0.648. The number of fused-ring (bicyclic) bond motifs is 4. The van der Waals surface area contributed by atoms with Crippen LogP contribution in [0.4, 0.5) is 34.4 Å². The average molecular weight is 928 g/mol. The molecule has 8 heteroatoms. The molecule has 0 aliphatic carbocycles. The third kappa shape index (κ3) is 6.92. The van der Waals surface area contributed by atoms with Crippen molar-refractivity contribution in [1.29, 1.82) is 0 Å². The third-order valence-corrected chi connectivity index (χ3v) is 15.0. The first kappa shape index (κ1) is 42.3. The minimum atomic E-state index is -0.656. The summed E-state index contributed by atoms with van der Waals surface area (Å²) in [4.78, 5) is 15.3. The number of aromatic nitrogens is 2. The lowest BCUT2D eigenvalue weighted by Gasteiger charge is -2.42. The molecule has 3 aliphatic rings. The minimum absolute atomic E-state index is 0.250. The minimum Gasteiger partial charge on any atom is -0.399 e. The first-order valence-corrected chi connectivity index (χ1v) is 23.7. The summed E-state index contributed by atoms with van der Waals surface area (Å²) in [6, 6.07) is 62.4. The Morgan fingerprint density at radius 2 is 1.00 bits per heavy atom. The van der Waals surface area contributed by atoms with Crippen LogP contribution >= 0.6 is 15.9 Å². The fraction of sp³-hybridized carbons (Fsp3) is 0.207. The summed E-state index contributed by atoms with van der Waals surface area (Å²) in [5.74, 6) is 0.621. The summed E-state index contributed by atoms with van der Waals surface area (Å²) in [5.41, 5.74) is 14.6. The maximum absolute atomic E-state index is 7.19. The van der Waals surface area contributed by atoms with Gasteiger partial charge in [0.15, 0.2) is 0 Å². The first-order chi connectivity index (χ1) is 31.7. The molecule has 1 aromatic heterocycles. The number of hydrogen-bond acceptors (Lipinski definition) is 6. The molecule has 1 unspecified atom stereocenters. The smallest absolute Gasteiger partial charge is 0.399 e. The maximum Gasteiger partial charge on any atom is 0.494 e. The van der Waals surface area contributed by atoms with Crippen molar-refractivity contribution in [3.05, 3.63) is 208 Å². The van der Waals surface area contributed by atoms with Crippen LogP contribution in [0.1, 0.15) is 76.3 Å². The molecule has 3 aliphatic heterocycles. The Morgan fingerprint density at radius 3 is 1.67 bits per heavy atom. The second kappa shape index (κ2) is 15.7. The Bertz CT molecular complexity index is 3100. The Balaban J connectivity index is 0.967. The van der Waals surface area contributed by atoms with Gasteiger partial charge in [-0.05, 0) is 109 Å². The van der Waals surface area contributed by atoms with Crippen molar-refractivity contribution in [2.24, 2.45) is 0 Å². The van der Waals surface area contributed by atoms with E-state index >= 15 is 0 Å². The summed E-state index contributed by atoms with van der Waals surface area (Å²) in [6.45, 7) is 15.8. The number of halogens is 1. The van der Waals surface area contributed by atoms with Crippen LogP contribution in [0.15, 0.2) is 180 Å². The molecular formula is C58H52BBrN4O2. The molecule has 7 aromatic carbocycles. The first-order valence-electron chi connectivity index (χ1n) is 22.9.